The van der Waals surface area contributed by atoms with Gasteiger partial charge in [0.1, 0.15) is 0 Å². The Morgan fingerprint density at radius 2 is 1.71 bits per heavy atom. The third-order valence-corrected chi connectivity index (χ3v) is 3.91. The number of aliphatic imine (C=N–C) groups is 1. The summed E-state index contributed by atoms with van der Waals surface area (Å²) in [6, 6.07) is 0. The molecule has 138 valence electrons. The van der Waals surface area contributed by atoms with Crippen molar-refractivity contribution < 1.29 is 14.3 Å². The fourth-order valence-electron chi connectivity index (χ4n) is 2.42. The zero-order valence-corrected chi connectivity index (χ0v) is 15.5. The lowest BCUT2D eigenvalue weighted by atomic mass is 9.93. The maximum absolute atomic E-state index is 11.9. The van der Waals surface area contributed by atoms with Crippen molar-refractivity contribution >= 4 is 18.0 Å². The van der Waals surface area contributed by atoms with Crippen LogP contribution in [0.1, 0.15) is 27.7 Å². The Labute approximate surface area is 144 Å². The van der Waals surface area contributed by atoms with Gasteiger partial charge < -0.3 is 25.2 Å². The van der Waals surface area contributed by atoms with Crippen LogP contribution in [0.25, 0.3) is 0 Å². The molecule has 8 nitrogen and oxygen atoms in total. The van der Waals surface area contributed by atoms with Crippen LogP contribution in [0.4, 0.5) is 4.79 Å². The van der Waals surface area contributed by atoms with Gasteiger partial charge in [0.05, 0.1) is 18.6 Å². The molecule has 0 aromatic heterocycles. The first-order valence-electron chi connectivity index (χ1n) is 8.52. The molecule has 1 heterocycles. The standard InChI is InChI=1S/C16H31N5O3/c1-6-18-14(19-12-16(3,4)13(22)17-5)20-8-10-21(11-9-20)15(23)24-7-2/h6-12H2,1-5H3,(H,17,22)(H,18,19). The van der Waals surface area contributed by atoms with Crippen molar-refractivity contribution in [2.45, 2.75) is 27.7 Å². The molecule has 0 aliphatic carbocycles. The number of carbonyl (C=O) groups excluding carboxylic acids is 2. The van der Waals surface area contributed by atoms with Gasteiger partial charge in [-0.15, -0.1) is 0 Å². The number of amides is 2. The van der Waals surface area contributed by atoms with E-state index in [0.717, 1.165) is 12.5 Å². The van der Waals surface area contributed by atoms with Gasteiger partial charge in [-0.1, -0.05) is 0 Å². The Kier molecular flexibility index (Phi) is 7.81. The molecular formula is C16H31N5O3. The molecular weight excluding hydrogens is 310 g/mol. The van der Waals surface area contributed by atoms with E-state index in [2.05, 4.69) is 20.5 Å². The number of piperazine rings is 1. The number of carbonyl (C=O) groups is 2. The summed E-state index contributed by atoms with van der Waals surface area (Å²) < 4.78 is 5.03. The lowest BCUT2D eigenvalue weighted by molar-refractivity contribution is -0.128. The molecule has 2 N–H and O–H groups in total. The highest BCUT2D eigenvalue weighted by molar-refractivity contribution is 5.83. The Bertz CT molecular complexity index is 457. The number of ether oxygens (including phenoxy) is 1. The highest BCUT2D eigenvalue weighted by Crippen LogP contribution is 2.16. The summed E-state index contributed by atoms with van der Waals surface area (Å²) in [5, 5.41) is 5.93. The topological polar surface area (TPSA) is 86.3 Å². The monoisotopic (exact) mass is 341 g/mol. The summed E-state index contributed by atoms with van der Waals surface area (Å²) in [6.07, 6.45) is -0.264. The van der Waals surface area contributed by atoms with Gasteiger partial charge in [0, 0.05) is 39.8 Å². The van der Waals surface area contributed by atoms with Crippen molar-refractivity contribution in [1.29, 1.82) is 0 Å². The zero-order valence-electron chi connectivity index (χ0n) is 15.5. The largest absolute Gasteiger partial charge is 0.450 e. The zero-order chi connectivity index (χ0) is 18.2. The third kappa shape index (κ3) is 5.58. The first kappa shape index (κ1) is 20.1. The summed E-state index contributed by atoms with van der Waals surface area (Å²) in [7, 11) is 1.63. The van der Waals surface area contributed by atoms with E-state index in [1.165, 1.54) is 0 Å². The maximum Gasteiger partial charge on any atom is 0.409 e. The minimum absolute atomic E-state index is 0.0331. The Balaban J connectivity index is 2.68. The number of hydrogen-bond acceptors (Lipinski definition) is 4. The highest BCUT2D eigenvalue weighted by atomic mass is 16.6. The van der Waals surface area contributed by atoms with Crippen LogP contribution in [-0.2, 0) is 9.53 Å². The number of rotatable bonds is 5. The normalized spacial score (nSPS) is 16.0. The van der Waals surface area contributed by atoms with E-state index in [1.54, 1.807) is 18.9 Å². The first-order valence-corrected chi connectivity index (χ1v) is 8.52. The van der Waals surface area contributed by atoms with Crippen LogP contribution < -0.4 is 10.6 Å². The smallest absolute Gasteiger partial charge is 0.409 e. The van der Waals surface area contributed by atoms with Crippen LogP contribution in [0.5, 0.6) is 0 Å². The Hall–Kier alpha value is -1.99. The van der Waals surface area contributed by atoms with E-state index in [4.69, 9.17) is 4.74 Å². The molecule has 1 saturated heterocycles. The van der Waals surface area contributed by atoms with Crippen molar-refractivity contribution in [3.8, 4) is 0 Å². The van der Waals surface area contributed by atoms with Gasteiger partial charge in [0.2, 0.25) is 5.91 Å². The number of nitrogens with one attached hydrogen (secondary N) is 2. The van der Waals surface area contributed by atoms with Gasteiger partial charge in [-0.2, -0.15) is 0 Å². The van der Waals surface area contributed by atoms with Crippen LogP contribution >= 0.6 is 0 Å². The van der Waals surface area contributed by atoms with Crippen molar-refractivity contribution in [3.05, 3.63) is 0 Å². The fourth-order valence-corrected chi connectivity index (χ4v) is 2.42. The maximum atomic E-state index is 11.9. The van der Waals surface area contributed by atoms with Crippen LogP contribution in [0.2, 0.25) is 0 Å². The molecule has 0 spiro atoms. The molecule has 2 amide bonds. The average Bonchev–Trinajstić information content (AvgIpc) is 2.58. The summed E-state index contributed by atoms with van der Waals surface area (Å²) in [5.41, 5.74) is -0.567. The van der Waals surface area contributed by atoms with Crippen molar-refractivity contribution in [1.82, 2.24) is 20.4 Å². The van der Waals surface area contributed by atoms with Gasteiger partial charge in [-0.05, 0) is 27.7 Å². The molecule has 1 fully saturated rings. The molecule has 0 bridgehead atoms. The Morgan fingerprint density at radius 3 is 2.21 bits per heavy atom. The average molecular weight is 341 g/mol. The minimum Gasteiger partial charge on any atom is -0.450 e. The van der Waals surface area contributed by atoms with E-state index >= 15 is 0 Å². The number of hydrogen-bond donors (Lipinski definition) is 2. The molecule has 0 unspecified atom stereocenters. The molecule has 1 aliphatic heterocycles. The van der Waals surface area contributed by atoms with Crippen LogP contribution in [0.15, 0.2) is 4.99 Å². The van der Waals surface area contributed by atoms with Gasteiger partial charge in [0.25, 0.3) is 0 Å². The second-order valence-corrected chi connectivity index (χ2v) is 6.31. The summed E-state index contributed by atoms with van der Waals surface area (Å²) in [6.45, 7) is 11.7. The lowest BCUT2D eigenvalue weighted by Gasteiger charge is -2.36. The van der Waals surface area contributed by atoms with Crippen molar-refractivity contribution in [3.63, 3.8) is 0 Å². The molecule has 24 heavy (non-hydrogen) atoms. The number of nitrogens with zero attached hydrogens (tertiary/aromatic N) is 3. The van der Waals surface area contributed by atoms with Crippen LogP contribution in [-0.4, -0.2) is 80.7 Å². The summed E-state index contributed by atoms with van der Waals surface area (Å²) in [5.74, 6) is 0.743. The SMILES string of the molecule is CCNC(=NCC(C)(C)C(=O)NC)N1CCN(C(=O)OCC)CC1. The highest BCUT2D eigenvalue weighted by Gasteiger charge is 2.28. The second kappa shape index (κ2) is 9.34. The summed E-state index contributed by atoms with van der Waals surface area (Å²) >= 11 is 0. The molecule has 0 aromatic rings. The molecule has 1 aliphatic rings. The predicted octanol–water partition coefficient (Wildman–Crippen LogP) is 0.498. The van der Waals surface area contributed by atoms with Gasteiger partial charge >= 0.3 is 6.09 Å². The van der Waals surface area contributed by atoms with Gasteiger partial charge in [-0.3, -0.25) is 9.79 Å². The minimum atomic E-state index is -0.567. The fraction of sp³-hybridized carbons (Fsp3) is 0.812. The summed E-state index contributed by atoms with van der Waals surface area (Å²) in [4.78, 5) is 32.1. The molecule has 0 radical (unpaired) electrons. The molecule has 1 rings (SSSR count). The molecule has 0 atom stereocenters. The van der Waals surface area contributed by atoms with Crippen molar-refractivity contribution in [2.24, 2.45) is 10.4 Å². The second-order valence-electron chi connectivity index (χ2n) is 6.31. The lowest BCUT2D eigenvalue weighted by Crippen LogP contribution is -2.54. The van der Waals surface area contributed by atoms with Crippen LogP contribution in [0.3, 0.4) is 0 Å². The van der Waals surface area contributed by atoms with Gasteiger partial charge in [0.15, 0.2) is 5.96 Å². The molecule has 8 heteroatoms. The van der Waals surface area contributed by atoms with E-state index in [-0.39, 0.29) is 12.0 Å². The molecule has 0 saturated carbocycles. The van der Waals surface area contributed by atoms with E-state index < -0.39 is 5.41 Å². The third-order valence-electron chi connectivity index (χ3n) is 3.91. The van der Waals surface area contributed by atoms with Gasteiger partial charge in [-0.25, -0.2) is 4.79 Å². The molecule has 0 aromatic carbocycles. The Morgan fingerprint density at radius 1 is 1.12 bits per heavy atom. The quantitative estimate of drug-likeness (QED) is 0.562. The van der Waals surface area contributed by atoms with Crippen LogP contribution in [0, 0.1) is 5.41 Å². The van der Waals surface area contributed by atoms with E-state index in [9.17, 15) is 9.59 Å². The van der Waals surface area contributed by atoms with E-state index in [0.29, 0.717) is 39.3 Å². The first-order chi connectivity index (χ1) is 11.4. The number of guanidine groups is 1. The van der Waals surface area contributed by atoms with E-state index in [1.807, 2.05) is 20.8 Å². The van der Waals surface area contributed by atoms with Crippen molar-refractivity contribution in [2.75, 3.05) is 52.9 Å². The predicted molar refractivity (Wildman–Crippen MR) is 94.0 cm³/mol.